The number of hydrogen-bond donors (Lipinski definition) is 2. The number of nitrogens with one attached hydrogen (secondary N) is 2. The van der Waals surface area contributed by atoms with Crippen LogP contribution in [0.15, 0.2) is 28.8 Å². The SMILES string of the molecule is Cc1cc(NC(=O)[C@@H](C)SCC(=O)Nc2cccc([N+](=O)[O-])c2C)no1. The molecule has 0 unspecified atom stereocenters. The van der Waals surface area contributed by atoms with Gasteiger partial charge in [0.1, 0.15) is 5.76 Å². The second-order valence-corrected chi connectivity index (χ2v) is 6.85. The summed E-state index contributed by atoms with van der Waals surface area (Å²) in [6.07, 6.45) is 0. The lowest BCUT2D eigenvalue weighted by Gasteiger charge is -2.11. The first-order chi connectivity index (χ1) is 12.3. The third-order valence-corrected chi connectivity index (χ3v) is 4.63. The number of carbonyl (C=O) groups is 2. The Morgan fingerprint density at radius 3 is 2.69 bits per heavy atom. The van der Waals surface area contributed by atoms with Crippen LogP contribution in [0.5, 0.6) is 0 Å². The molecule has 26 heavy (non-hydrogen) atoms. The number of hydrogen-bond acceptors (Lipinski definition) is 7. The molecule has 0 bridgehead atoms. The standard InChI is InChI=1S/C16H18N4O5S/c1-9-7-14(19-25-9)18-16(22)11(3)26-8-15(21)17-12-5-4-6-13(10(12)2)20(23)24/h4-7,11H,8H2,1-3H3,(H,17,21)(H,18,19,22)/t11-/m1/s1. The molecule has 0 fully saturated rings. The molecule has 2 N–H and O–H groups in total. The topological polar surface area (TPSA) is 127 Å². The molecule has 0 aliphatic carbocycles. The van der Waals surface area contributed by atoms with Gasteiger partial charge in [-0.3, -0.25) is 19.7 Å². The van der Waals surface area contributed by atoms with Gasteiger partial charge in [-0.25, -0.2) is 0 Å². The molecule has 0 aliphatic heterocycles. The molecule has 9 nitrogen and oxygen atoms in total. The molecular formula is C16H18N4O5S. The van der Waals surface area contributed by atoms with Crippen molar-refractivity contribution in [3.05, 3.63) is 45.7 Å². The molecule has 0 spiro atoms. The summed E-state index contributed by atoms with van der Waals surface area (Å²) in [7, 11) is 0. The van der Waals surface area contributed by atoms with Gasteiger partial charge in [0.2, 0.25) is 11.8 Å². The second kappa shape index (κ2) is 8.48. The smallest absolute Gasteiger partial charge is 0.274 e. The number of aromatic nitrogens is 1. The summed E-state index contributed by atoms with van der Waals surface area (Å²) in [5, 5.41) is 19.3. The first-order valence-electron chi connectivity index (χ1n) is 7.67. The van der Waals surface area contributed by atoms with E-state index in [1.54, 1.807) is 32.9 Å². The Morgan fingerprint density at radius 1 is 1.35 bits per heavy atom. The number of nitro groups is 1. The summed E-state index contributed by atoms with van der Waals surface area (Å²) < 4.78 is 4.86. The molecule has 10 heteroatoms. The lowest BCUT2D eigenvalue weighted by Crippen LogP contribution is -2.25. The number of carbonyl (C=O) groups excluding carboxylic acids is 2. The first kappa shape index (κ1) is 19.4. The number of benzene rings is 1. The highest BCUT2D eigenvalue weighted by molar-refractivity contribution is 8.01. The molecule has 0 radical (unpaired) electrons. The molecule has 0 saturated carbocycles. The third kappa shape index (κ3) is 5.06. The molecule has 0 aliphatic rings. The van der Waals surface area contributed by atoms with Crippen molar-refractivity contribution in [1.29, 1.82) is 0 Å². The van der Waals surface area contributed by atoms with Gasteiger partial charge in [0.15, 0.2) is 5.82 Å². The van der Waals surface area contributed by atoms with Gasteiger partial charge in [-0.2, -0.15) is 0 Å². The van der Waals surface area contributed by atoms with Crippen molar-refractivity contribution in [2.24, 2.45) is 0 Å². The number of nitro benzene ring substituents is 1. The van der Waals surface area contributed by atoms with Gasteiger partial charge in [0.05, 0.1) is 27.2 Å². The minimum Gasteiger partial charge on any atom is -0.360 e. The average Bonchev–Trinajstić information content (AvgIpc) is 2.99. The molecule has 138 valence electrons. The highest BCUT2D eigenvalue weighted by Gasteiger charge is 2.18. The molecule has 1 aromatic carbocycles. The summed E-state index contributed by atoms with van der Waals surface area (Å²) in [6, 6.07) is 6.06. The van der Waals surface area contributed by atoms with Crippen molar-refractivity contribution in [3.63, 3.8) is 0 Å². The fraction of sp³-hybridized carbons (Fsp3) is 0.312. The van der Waals surface area contributed by atoms with Crippen LogP contribution in [0, 0.1) is 24.0 Å². The van der Waals surface area contributed by atoms with Gasteiger partial charge in [-0.15, -0.1) is 11.8 Å². The zero-order valence-corrected chi connectivity index (χ0v) is 15.3. The number of nitrogens with zero attached hydrogens (tertiary/aromatic N) is 2. The molecule has 0 saturated heterocycles. The van der Waals surface area contributed by atoms with Crippen LogP contribution in [-0.2, 0) is 9.59 Å². The van der Waals surface area contributed by atoms with Gasteiger partial charge in [0.25, 0.3) is 5.69 Å². The molecule has 1 atom stereocenters. The van der Waals surface area contributed by atoms with E-state index in [2.05, 4.69) is 15.8 Å². The zero-order chi connectivity index (χ0) is 19.3. The number of anilines is 2. The van der Waals surface area contributed by atoms with Crippen LogP contribution < -0.4 is 10.6 Å². The monoisotopic (exact) mass is 378 g/mol. The minimum atomic E-state index is -0.502. The largest absolute Gasteiger partial charge is 0.360 e. The lowest BCUT2D eigenvalue weighted by atomic mass is 10.1. The van der Waals surface area contributed by atoms with E-state index in [1.807, 2.05) is 0 Å². The van der Waals surface area contributed by atoms with Crippen LogP contribution in [0.1, 0.15) is 18.2 Å². The van der Waals surface area contributed by atoms with Gasteiger partial charge in [-0.1, -0.05) is 11.2 Å². The van der Waals surface area contributed by atoms with Crippen molar-refractivity contribution < 1.29 is 19.0 Å². The summed E-state index contributed by atoms with van der Waals surface area (Å²) in [4.78, 5) is 34.6. The lowest BCUT2D eigenvalue weighted by molar-refractivity contribution is -0.385. The van der Waals surface area contributed by atoms with Crippen molar-refractivity contribution in [2.45, 2.75) is 26.0 Å². The molecule has 2 amide bonds. The van der Waals surface area contributed by atoms with E-state index >= 15 is 0 Å². The zero-order valence-electron chi connectivity index (χ0n) is 14.4. The van der Waals surface area contributed by atoms with E-state index < -0.39 is 10.2 Å². The maximum Gasteiger partial charge on any atom is 0.274 e. The van der Waals surface area contributed by atoms with Gasteiger partial charge in [0, 0.05) is 12.1 Å². The average molecular weight is 378 g/mol. The maximum atomic E-state index is 12.1. The summed E-state index contributed by atoms with van der Waals surface area (Å²) in [5.74, 6) is 0.260. The van der Waals surface area contributed by atoms with Crippen LogP contribution in [0.2, 0.25) is 0 Å². The fourth-order valence-corrected chi connectivity index (χ4v) is 2.76. The quantitative estimate of drug-likeness (QED) is 0.560. The predicted molar refractivity (Wildman–Crippen MR) is 98.3 cm³/mol. The Morgan fingerprint density at radius 2 is 2.08 bits per heavy atom. The first-order valence-corrected chi connectivity index (χ1v) is 8.72. The van der Waals surface area contributed by atoms with E-state index in [9.17, 15) is 19.7 Å². The molecule has 2 aromatic rings. The van der Waals surface area contributed by atoms with E-state index in [0.717, 1.165) is 11.8 Å². The predicted octanol–water partition coefficient (Wildman–Crippen LogP) is 2.90. The Labute approximate surface area is 153 Å². The van der Waals surface area contributed by atoms with Crippen LogP contribution in [0.25, 0.3) is 0 Å². The number of rotatable bonds is 7. The Balaban J connectivity index is 1.87. The van der Waals surface area contributed by atoms with Gasteiger partial charge >= 0.3 is 0 Å². The Kier molecular flexibility index (Phi) is 6.34. The van der Waals surface area contributed by atoms with Crippen LogP contribution in [0.3, 0.4) is 0 Å². The summed E-state index contributed by atoms with van der Waals surface area (Å²) in [5.41, 5.74) is 0.689. The van der Waals surface area contributed by atoms with E-state index in [-0.39, 0.29) is 23.3 Å². The molecule has 2 rings (SSSR count). The maximum absolute atomic E-state index is 12.1. The minimum absolute atomic E-state index is 0.0224. The number of aryl methyl sites for hydroxylation is 1. The van der Waals surface area contributed by atoms with Gasteiger partial charge in [-0.05, 0) is 26.8 Å². The van der Waals surface area contributed by atoms with Crippen molar-refractivity contribution in [2.75, 3.05) is 16.4 Å². The molecule has 1 heterocycles. The van der Waals surface area contributed by atoms with Crippen molar-refractivity contribution >= 4 is 40.8 Å². The van der Waals surface area contributed by atoms with Crippen LogP contribution in [0.4, 0.5) is 17.2 Å². The third-order valence-electron chi connectivity index (χ3n) is 3.49. The Hall–Kier alpha value is -2.88. The number of amides is 2. The van der Waals surface area contributed by atoms with E-state index in [0.29, 0.717) is 22.8 Å². The highest BCUT2D eigenvalue weighted by Crippen LogP contribution is 2.25. The fourth-order valence-electron chi connectivity index (χ4n) is 2.07. The second-order valence-electron chi connectivity index (χ2n) is 5.52. The van der Waals surface area contributed by atoms with Crippen LogP contribution >= 0.6 is 11.8 Å². The summed E-state index contributed by atoms with van der Waals surface area (Å²) in [6.45, 7) is 4.94. The molecular weight excluding hydrogens is 360 g/mol. The van der Waals surface area contributed by atoms with Crippen LogP contribution in [-0.4, -0.2) is 32.9 Å². The molecule has 1 aromatic heterocycles. The Bertz CT molecular complexity index is 836. The van der Waals surface area contributed by atoms with Crippen molar-refractivity contribution in [3.8, 4) is 0 Å². The highest BCUT2D eigenvalue weighted by atomic mass is 32.2. The summed E-state index contributed by atoms with van der Waals surface area (Å²) >= 11 is 1.14. The van der Waals surface area contributed by atoms with Crippen molar-refractivity contribution in [1.82, 2.24) is 5.16 Å². The number of thioether (sulfide) groups is 1. The van der Waals surface area contributed by atoms with Gasteiger partial charge < -0.3 is 15.2 Å². The normalized spacial score (nSPS) is 11.7. The van der Waals surface area contributed by atoms with E-state index in [4.69, 9.17) is 4.52 Å². The van der Waals surface area contributed by atoms with E-state index in [1.165, 1.54) is 12.1 Å².